The molecule has 0 aliphatic carbocycles. The summed E-state index contributed by atoms with van der Waals surface area (Å²) in [7, 11) is 0. The molecule has 3 aromatic carbocycles. The minimum absolute atomic E-state index is 0.0294. The first-order valence-electron chi connectivity index (χ1n) is 11.5. The second kappa shape index (κ2) is 8.56. The molecule has 8 nitrogen and oxygen atoms in total. The van der Waals surface area contributed by atoms with E-state index in [4.69, 9.17) is 10.5 Å². The number of nitrogens with zero attached hydrogens (tertiary/aromatic N) is 4. The van der Waals surface area contributed by atoms with E-state index in [1.165, 1.54) is 18.2 Å². The average molecular weight is 493 g/mol. The molecule has 1 aliphatic heterocycles. The summed E-state index contributed by atoms with van der Waals surface area (Å²) in [5.74, 6) is -1.28. The molecule has 9 heteroatoms. The van der Waals surface area contributed by atoms with Gasteiger partial charge in [-0.15, -0.1) is 0 Å². The number of anilines is 2. The van der Waals surface area contributed by atoms with Crippen LogP contribution in [-0.4, -0.2) is 26.6 Å². The van der Waals surface area contributed by atoms with E-state index in [9.17, 15) is 14.0 Å². The largest absolute Gasteiger partial charge is 0.482 e. The Morgan fingerprint density at radius 2 is 1.70 bits per heavy atom. The molecule has 1 atom stereocenters. The summed E-state index contributed by atoms with van der Waals surface area (Å²) >= 11 is 0. The minimum atomic E-state index is -0.607. The predicted molar refractivity (Wildman–Crippen MR) is 136 cm³/mol. The summed E-state index contributed by atoms with van der Waals surface area (Å²) in [5.41, 5.74) is 9.05. The van der Waals surface area contributed by atoms with E-state index in [-0.39, 0.29) is 22.7 Å². The van der Waals surface area contributed by atoms with Crippen LogP contribution < -0.4 is 15.4 Å². The Morgan fingerprint density at radius 3 is 2.41 bits per heavy atom. The highest BCUT2D eigenvalue weighted by Crippen LogP contribution is 2.38. The van der Waals surface area contributed by atoms with Crippen molar-refractivity contribution < 1.29 is 18.7 Å². The van der Waals surface area contributed by atoms with Gasteiger partial charge >= 0.3 is 0 Å². The van der Waals surface area contributed by atoms with Gasteiger partial charge < -0.3 is 10.5 Å². The Morgan fingerprint density at radius 1 is 0.946 bits per heavy atom. The van der Waals surface area contributed by atoms with Crippen LogP contribution in [0.4, 0.5) is 15.9 Å². The lowest BCUT2D eigenvalue weighted by atomic mass is 10.1. The lowest BCUT2D eigenvalue weighted by Gasteiger charge is -2.23. The number of halogens is 1. The van der Waals surface area contributed by atoms with Gasteiger partial charge in [-0.2, -0.15) is 5.10 Å². The molecule has 0 fully saturated rings. The third kappa shape index (κ3) is 3.77. The van der Waals surface area contributed by atoms with Crippen molar-refractivity contribution in [1.82, 2.24) is 14.8 Å². The Balaban J connectivity index is 1.48. The lowest BCUT2D eigenvalue weighted by molar-refractivity contribution is 0.0922. The van der Waals surface area contributed by atoms with Gasteiger partial charge in [-0.25, -0.2) is 19.0 Å². The van der Waals surface area contributed by atoms with Crippen molar-refractivity contribution in [1.29, 1.82) is 0 Å². The molecule has 6 rings (SSSR count). The highest BCUT2D eigenvalue weighted by Gasteiger charge is 2.39. The normalized spacial score (nSPS) is 13.7. The molecule has 0 unspecified atom stereocenters. The number of carbonyl (C=O) groups is 2. The molecule has 0 saturated heterocycles. The Hall–Kier alpha value is -5.05. The first-order valence-corrected chi connectivity index (χ1v) is 11.5. The average Bonchev–Trinajstić information content (AvgIpc) is 3.51. The maximum atomic E-state index is 14.0. The van der Waals surface area contributed by atoms with E-state index < -0.39 is 23.7 Å². The maximum absolute atomic E-state index is 14.0. The SMILES string of the molecule is C[C@H](Oc1cc2cc(F)ccc2nc1N1C(=O)c2ccccc2C1=O)c1cc(N)ccc1-n1cccn1. The van der Waals surface area contributed by atoms with Gasteiger partial charge in [0.15, 0.2) is 11.6 Å². The fourth-order valence-corrected chi connectivity index (χ4v) is 4.52. The van der Waals surface area contributed by atoms with Gasteiger partial charge in [-0.05, 0) is 67.6 Å². The van der Waals surface area contributed by atoms with E-state index in [2.05, 4.69) is 10.1 Å². The molecule has 2 N–H and O–H groups in total. The van der Waals surface area contributed by atoms with Crippen molar-refractivity contribution in [2.75, 3.05) is 10.6 Å². The molecule has 5 aromatic rings. The molecule has 37 heavy (non-hydrogen) atoms. The van der Waals surface area contributed by atoms with E-state index >= 15 is 0 Å². The summed E-state index contributed by atoms with van der Waals surface area (Å²) in [5, 5.41) is 4.77. The van der Waals surface area contributed by atoms with Crippen LogP contribution in [0.15, 0.2) is 85.2 Å². The smallest absolute Gasteiger partial charge is 0.267 e. The summed E-state index contributed by atoms with van der Waals surface area (Å²) in [6, 6.07) is 19.4. The molecular formula is C28H20FN5O3. The summed E-state index contributed by atoms with van der Waals surface area (Å²) in [6.45, 7) is 1.81. The predicted octanol–water partition coefficient (Wildman–Crippen LogP) is 5.08. The van der Waals surface area contributed by atoms with Crippen LogP contribution in [-0.2, 0) is 0 Å². The highest BCUT2D eigenvalue weighted by molar-refractivity contribution is 6.34. The van der Waals surface area contributed by atoms with Gasteiger partial charge in [0, 0.05) is 29.0 Å². The third-order valence-corrected chi connectivity index (χ3v) is 6.27. The van der Waals surface area contributed by atoms with Crippen LogP contribution in [0.25, 0.3) is 16.6 Å². The highest BCUT2D eigenvalue weighted by atomic mass is 19.1. The summed E-state index contributed by atoms with van der Waals surface area (Å²) in [4.78, 5) is 32.1. The topological polar surface area (TPSA) is 103 Å². The van der Waals surface area contributed by atoms with Crippen LogP contribution in [0.1, 0.15) is 39.3 Å². The second-order valence-electron chi connectivity index (χ2n) is 8.67. The molecule has 0 radical (unpaired) electrons. The van der Waals surface area contributed by atoms with E-state index in [0.29, 0.717) is 16.6 Å². The van der Waals surface area contributed by atoms with Crippen molar-refractivity contribution in [3.8, 4) is 11.4 Å². The molecule has 1 aliphatic rings. The van der Waals surface area contributed by atoms with Gasteiger partial charge in [-0.1, -0.05) is 12.1 Å². The number of pyridine rings is 1. The molecule has 2 aromatic heterocycles. The number of hydrogen-bond acceptors (Lipinski definition) is 6. The zero-order valence-electron chi connectivity index (χ0n) is 19.6. The second-order valence-corrected chi connectivity index (χ2v) is 8.67. The van der Waals surface area contributed by atoms with Crippen LogP contribution >= 0.6 is 0 Å². The van der Waals surface area contributed by atoms with Crippen molar-refractivity contribution in [2.24, 2.45) is 0 Å². The number of ether oxygens (including phenoxy) is 1. The molecule has 0 saturated carbocycles. The number of nitrogen functional groups attached to an aromatic ring is 1. The van der Waals surface area contributed by atoms with Gasteiger partial charge in [0.1, 0.15) is 11.9 Å². The first kappa shape index (κ1) is 22.4. The van der Waals surface area contributed by atoms with Crippen LogP contribution in [0, 0.1) is 5.82 Å². The van der Waals surface area contributed by atoms with Crippen molar-refractivity contribution in [2.45, 2.75) is 13.0 Å². The number of nitrogens with two attached hydrogens (primary N) is 1. The Labute approximate surface area is 210 Å². The van der Waals surface area contributed by atoms with E-state index in [1.807, 2.05) is 13.0 Å². The zero-order valence-corrected chi connectivity index (χ0v) is 19.6. The number of aromatic nitrogens is 3. The molecule has 0 bridgehead atoms. The van der Waals surface area contributed by atoms with Crippen LogP contribution in [0.5, 0.6) is 5.75 Å². The Bertz CT molecular complexity index is 1670. The van der Waals surface area contributed by atoms with Gasteiger partial charge in [0.2, 0.25) is 0 Å². The Kier molecular flexibility index (Phi) is 5.19. The molecule has 182 valence electrons. The first-order chi connectivity index (χ1) is 17.9. The van der Waals surface area contributed by atoms with Crippen molar-refractivity contribution in [3.05, 3.63) is 108 Å². The van der Waals surface area contributed by atoms with E-state index in [1.54, 1.807) is 65.6 Å². The molecular weight excluding hydrogens is 473 g/mol. The maximum Gasteiger partial charge on any atom is 0.267 e. The minimum Gasteiger partial charge on any atom is -0.482 e. The van der Waals surface area contributed by atoms with Crippen molar-refractivity contribution >= 4 is 34.2 Å². The lowest BCUT2D eigenvalue weighted by Crippen LogP contribution is -2.31. The summed E-state index contributed by atoms with van der Waals surface area (Å²) < 4.78 is 22.1. The standard InChI is InChI=1S/C28H20FN5O3/c1-16(22-15-19(30)8-10-24(22)33-12-4-11-31-33)37-25-14-17-13-18(29)7-9-23(17)32-26(25)34-27(35)20-5-2-3-6-21(20)28(34)36/h2-16H,30H2,1H3/t16-/m0/s1. The van der Waals surface area contributed by atoms with Crippen LogP contribution in [0.3, 0.4) is 0 Å². The number of imide groups is 1. The summed E-state index contributed by atoms with van der Waals surface area (Å²) in [6.07, 6.45) is 2.85. The number of rotatable bonds is 5. The monoisotopic (exact) mass is 493 g/mol. The van der Waals surface area contributed by atoms with Gasteiger partial charge in [0.05, 0.1) is 22.3 Å². The number of benzene rings is 3. The van der Waals surface area contributed by atoms with E-state index in [0.717, 1.165) is 16.2 Å². The fraction of sp³-hybridized carbons (Fsp3) is 0.0714. The quantitative estimate of drug-likeness (QED) is 0.270. The number of fused-ring (bicyclic) bond motifs is 2. The fourth-order valence-electron chi connectivity index (χ4n) is 4.52. The third-order valence-electron chi connectivity index (χ3n) is 6.27. The number of carbonyl (C=O) groups excluding carboxylic acids is 2. The number of hydrogen-bond donors (Lipinski definition) is 1. The van der Waals surface area contributed by atoms with Gasteiger partial charge in [0.25, 0.3) is 11.8 Å². The van der Waals surface area contributed by atoms with Crippen molar-refractivity contribution in [3.63, 3.8) is 0 Å². The van der Waals surface area contributed by atoms with Gasteiger partial charge in [-0.3, -0.25) is 9.59 Å². The molecule has 3 heterocycles. The zero-order chi connectivity index (χ0) is 25.7. The molecule has 0 spiro atoms. The van der Waals surface area contributed by atoms with Crippen LogP contribution in [0.2, 0.25) is 0 Å². The molecule has 2 amide bonds. The number of amides is 2.